The zero-order valence-corrected chi connectivity index (χ0v) is 10.9. The van der Waals surface area contributed by atoms with Crippen molar-refractivity contribution in [3.05, 3.63) is 11.8 Å². The van der Waals surface area contributed by atoms with Gasteiger partial charge in [0, 0.05) is 25.7 Å². The molecule has 6 nitrogen and oxygen atoms in total. The Balaban J connectivity index is 2.20. The Bertz CT molecular complexity index is 478. The topological polar surface area (TPSA) is 78.1 Å². The van der Waals surface area contributed by atoms with Crippen LogP contribution in [0.2, 0.25) is 0 Å². The molecule has 96 valence electrons. The van der Waals surface area contributed by atoms with Gasteiger partial charge in [-0.3, -0.25) is 5.10 Å². The molecule has 1 aromatic rings. The van der Waals surface area contributed by atoms with Crippen molar-refractivity contribution in [2.75, 3.05) is 20.6 Å². The second-order valence-corrected chi connectivity index (χ2v) is 6.47. The number of hydrogen-bond acceptors (Lipinski definition) is 4. The van der Waals surface area contributed by atoms with Crippen LogP contribution in [0.25, 0.3) is 0 Å². The Morgan fingerprint density at radius 3 is 2.88 bits per heavy atom. The van der Waals surface area contributed by atoms with Gasteiger partial charge in [0.15, 0.2) is 5.03 Å². The van der Waals surface area contributed by atoms with Crippen LogP contribution >= 0.6 is 0 Å². The van der Waals surface area contributed by atoms with E-state index in [4.69, 9.17) is 0 Å². The van der Waals surface area contributed by atoms with Crippen molar-refractivity contribution in [1.82, 2.24) is 19.8 Å². The highest BCUT2D eigenvalue weighted by Crippen LogP contribution is 2.31. The summed E-state index contributed by atoms with van der Waals surface area (Å²) in [5.74, 6) is 0.533. The van der Waals surface area contributed by atoms with Crippen LogP contribution in [0.5, 0.6) is 0 Å². The molecule has 0 spiro atoms. The van der Waals surface area contributed by atoms with E-state index in [1.165, 1.54) is 4.31 Å². The lowest BCUT2D eigenvalue weighted by molar-refractivity contribution is 0.449. The lowest BCUT2D eigenvalue weighted by Crippen LogP contribution is -2.30. The quantitative estimate of drug-likeness (QED) is 0.762. The molecule has 1 aliphatic carbocycles. The van der Waals surface area contributed by atoms with E-state index >= 15 is 0 Å². The summed E-state index contributed by atoms with van der Waals surface area (Å²) in [7, 11) is -0.0305. The average Bonchev–Trinajstić information content (AvgIpc) is 2.95. The first-order valence-electron chi connectivity index (χ1n) is 5.69. The third kappa shape index (κ3) is 2.67. The minimum absolute atomic E-state index is 0.204. The molecule has 1 heterocycles. The van der Waals surface area contributed by atoms with E-state index in [1.54, 1.807) is 20.3 Å². The van der Waals surface area contributed by atoms with Gasteiger partial charge in [0.25, 0.3) is 10.0 Å². The number of H-pyrrole nitrogens is 1. The number of hydrogen-bond donors (Lipinski definition) is 2. The predicted octanol–water partition coefficient (Wildman–Crippen LogP) is 0.160. The third-order valence-corrected chi connectivity index (χ3v) is 4.76. The third-order valence-electron chi connectivity index (χ3n) is 2.93. The van der Waals surface area contributed by atoms with Crippen LogP contribution in [-0.4, -0.2) is 43.6 Å². The smallest absolute Gasteiger partial charge is 0.260 e. The highest BCUT2D eigenvalue weighted by atomic mass is 32.2. The molecule has 1 aromatic heterocycles. The van der Waals surface area contributed by atoms with E-state index in [9.17, 15) is 8.42 Å². The molecule has 0 radical (unpaired) electrons. The summed E-state index contributed by atoms with van der Waals surface area (Å²) in [6.07, 6.45) is 3.81. The maximum Gasteiger partial charge on any atom is 0.260 e. The first-order valence-corrected chi connectivity index (χ1v) is 7.13. The Hall–Kier alpha value is -0.920. The van der Waals surface area contributed by atoms with Crippen molar-refractivity contribution in [3.8, 4) is 0 Å². The summed E-state index contributed by atoms with van der Waals surface area (Å²) < 4.78 is 26.0. The standard InChI is InChI=1S/C10H18N4O2S/c1-11-5-9-6-12-13-10(9)17(15,16)14(2)7-8-3-4-8/h6,8,11H,3-5,7H2,1-2H3,(H,12,13). The fourth-order valence-electron chi connectivity index (χ4n) is 1.76. The first-order chi connectivity index (χ1) is 8.05. The molecule has 0 saturated heterocycles. The van der Waals surface area contributed by atoms with Crippen molar-refractivity contribution < 1.29 is 8.42 Å². The Morgan fingerprint density at radius 2 is 2.29 bits per heavy atom. The van der Waals surface area contributed by atoms with Crippen LogP contribution in [0.15, 0.2) is 11.2 Å². The van der Waals surface area contributed by atoms with E-state index in [-0.39, 0.29) is 5.03 Å². The van der Waals surface area contributed by atoms with E-state index in [0.717, 1.165) is 12.8 Å². The maximum absolute atomic E-state index is 12.3. The van der Waals surface area contributed by atoms with Gasteiger partial charge in [0.05, 0.1) is 6.20 Å². The fraction of sp³-hybridized carbons (Fsp3) is 0.700. The van der Waals surface area contributed by atoms with Gasteiger partial charge in [-0.1, -0.05) is 0 Å². The highest BCUT2D eigenvalue weighted by Gasteiger charge is 2.31. The molecule has 17 heavy (non-hydrogen) atoms. The van der Waals surface area contributed by atoms with E-state index < -0.39 is 10.0 Å². The second kappa shape index (κ2) is 4.75. The molecule has 2 N–H and O–H groups in total. The Morgan fingerprint density at radius 1 is 1.59 bits per heavy atom. The monoisotopic (exact) mass is 258 g/mol. The molecule has 0 unspecified atom stereocenters. The highest BCUT2D eigenvalue weighted by molar-refractivity contribution is 7.89. The molecular weight excluding hydrogens is 240 g/mol. The van der Waals surface area contributed by atoms with Gasteiger partial charge in [-0.2, -0.15) is 9.40 Å². The zero-order chi connectivity index (χ0) is 12.5. The van der Waals surface area contributed by atoms with Gasteiger partial charge >= 0.3 is 0 Å². The molecule has 0 aromatic carbocycles. The van der Waals surface area contributed by atoms with Crippen LogP contribution in [0, 0.1) is 5.92 Å². The van der Waals surface area contributed by atoms with E-state index in [0.29, 0.717) is 24.6 Å². The summed E-state index contributed by atoms with van der Waals surface area (Å²) in [6.45, 7) is 1.09. The molecule has 0 atom stereocenters. The molecule has 0 bridgehead atoms. The van der Waals surface area contributed by atoms with Gasteiger partial charge in [-0.25, -0.2) is 8.42 Å². The average molecular weight is 258 g/mol. The van der Waals surface area contributed by atoms with Crippen molar-refractivity contribution in [1.29, 1.82) is 0 Å². The molecule has 2 rings (SSSR count). The lowest BCUT2D eigenvalue weighted by atomic mass is 10.4. The normalized spacial score (nSPS) is 16.6. The molecule has 1 saturated carbocycles. The van der Waals surface area contributed by atoms with E-state index in [1.807, 2.05) is 0 Å². The molecule has 1 aliphatic rings. The van der Waals surface area contributed by atoms with Gasteiger partial charge in [0.1, 0.15) is 0 Å². The van der Waals surface area contributed by atoms with Crippen molar-refractivity contribution in [2.45, 2.75) is 24.4 Å². The van der Waals surface area contributed by atoms with Crippen LogP contribution in [0.1, 0.15) is 18.4 Å². The van der Waals surface area contributed by atoms with Crippen LogP contribution < -0.4 is 5.32 Å². The van der Waals surface area contributed by atoms with Crippen LogP contribution in [0.3, 0.4) is 0 Å². The van der Waals surface area contributed by atoms with Crippen molar-refractivity contribution in [2.24, 2.45) is 5.92 Å². The summed E-state index contributed by atoms with van der Waals surface area (Å²) in [5.41, 5.74) is 0.676. The fourth-order valence-corrected chi connectivity index (χ4v) is 3.10. The van der Waals surface area contributed by atoms with Crippen LogP contribution in [-0.2, 0) is 16.6 Å². The summed E-state index contributed by atoms with van der Waals surface area (Å²) in [5, 5.41) is 9.53. The van der Waals surface area contributed by atoms with Gasteiger partial charge < -0.3 is 5.32 Å². The number of aromatic amines is 1. The van der Waals surface area contributed by atoms with Gasteiger partial charge in [0.2, 0.25) is 0 Å². The first kappa shape index (κ1) is 12.5. The van der Waals surface area contributed by atoms with Gasteiger partial charge in [-0.15, -0.1) is 0 Å². The van der Waals surface area contributed by atoms with E-state index in [2.05, 4.69) is 15.5 Å². The summed E-state index contributed by atoms with van der Waals surface area (Å²) in [4.78, 5) is 0. The minimum Gasteiger partial charge on any atom is -0.316 e. The molecule has 1 fully saturated rings. The molecule has 0 aliphatic heterocycles. The SMILES string of the molecule is CNCc1cn[nH]c1S(=O)(=O)N(C)CC1CC1. The van der Waals surface area contributed by atoms with Crippen molar-refractivity contribution >= 4 is 10.0 Å². The molecule has 7 heteroatoms. The van der Waals surface area contributed by atoms with Crippen molar-refractivity contribution in [3.63, 3.8) is 0 Å². The molecular formula is C10H18N4O2S. The predicted molar refractivity (Wildman–Crippen MR) is 63.9 cm³/mol. The Kier molecular flexibility index (Phi) is 3.50. The largest absolute Gasteiger partial charge is 0.316 e. The number of nitrogens with one attached hydrogen (secondary N) is 2. The minimum atomic E-state index is -3.43. The van der Waals surface area contributed by atoms with Gasteiger partial charge in [-0.05, 0) is 25.8 Å². The number of nitrogens with zero attached hydrogens (tertiary/aromatic N) is 2. The summed E-state index contributed by atoms with van der Waals surface area (Å²) >= 11 is 0. The number of aromatic nitrogens is 2. The van der Waals surface area contributed by atoms with Crippen LogP contribution in [0.4, 0.5) is 0 Å². The maximum atomic E-state index is 12.3. The number of rotatable bonds is 6. The lowest BCUT2D eigenvalue weighted by Gasteiger charge is -2.16. The Labute approximate surface area is 101 Å². The molecule has 0 amide bonds. The second-order valence-electron chi connectivity index (χ2n) is 4.48. The zero-order valence-electron chi connectivity index (χ0n) is 10.1. The number of sulfonamides is 1. The summed E-state index contributed by atoms with van der Waals surface area (Å²) in [6, 6.07) is 0.